The van der Waals surface area contributed by atoms with Crippen LogP contribution in [-0.2, 0) is 0 Å². The van der Waals surface area contributed by atoms with Gasteiger partial charge in [0.05, 0.1) is 5.02 Å². The van der Waals surface area contributed by atoms with Crippen LogP contribution < -0.4 is 10.2 Å². The molecule has 1 aromatic heterocycles. The Kier molecular flexibility index (Phi) is 4.05. The van der Waals surface area contributed by atoms with Gasteiger partial charge in [-0.1, -0.05) is 11.6 Å². The zero-order valence-electron chi connectivity index (χ0n) is 9.21. The molecule has 88 valence electrons. The van der Waals surface area contributed by atoms with Gasteiger partial charge in [-0.15, -0.1) is 0 Å². The molecular formula is C11H15BrClN3. The Hall–Kier alpha value is -0.320. The smallest absolute Gasteiger partial charge is 0.147 e. The molecule has 0 radical (unpaired) electrons. The van der Waals surface area contributed by atoms with Crippen molar-refractivity contribution in [1.82, 2.24) is 10.3 Å². The quantitative estimate of drug-likeness (QED) is 0.930. The van der Waals surface area contributed by atoms with E-state index in [0.717, 1.165) is 28.4 Å². The Labute approximate surface area is 109 Å². The maximum atomic E-state index is 6.22. The van der Waals surface area contributed by atoms with Crippen molar-refractivity contribution in [3.63, 3.8) is 0 Å². The van der Waals surface area contributed by atoms with Crippen LogP contribution in [0.25, 0.3) is 0 Å². The van der Waals surface area contributed by atoms with Crippen molar-refractivity contribution in [2.75, 3.05) is 25.0 Å². The lowest BCUT2D eigenvalue weighted by Crippen LogP contribution is -2.37. The molecule has 0 bridgehead atoms. The van der Waals surface area contributed by atoms with Crippen molar-refractivity contribution in [3.05, 3.63) is 21.8 Å². The molecule has 1 aliphatic heterocycles. The fraction of sp³-hybridized carbons (Fsp3) is 0.545. The van der Waals surface area contributed by atoms with E-state index in [1.807, 2.05) is 13.1 Å². The van der Waals surface area contributed by atoms with E-state index in [2.05, 4.69) is 31.1 Å². The molecule has 16 heavy (non-hydrogen) atoms. The van der Waals surface area contributed by atoms with Crippen molar-refractivity contribution in [2.45, 2.75) is 18.9 Å². The number of hydrogen-bond acceptors (Lipinski definition) is 3. The van der Waals surface area contributed by atoms with Crippen LogP contribution in [0.1, 0.15) is 12.8 Å². The summed E-state index contributed by atoms with van der Waals surface area (Å²) < 4.78 is 0.922. The number of likely N-dealkylation sites (N-methyl/N-ethyl adjacent to an activating group) is 1. The summed E-state index contributed by atoms with van der Waals surface area (Å²) in [5.41, 5.74) is 0. The number of nitrogens with zero attached hydrogens (tertiary/aromatic N) is 2. The van der Waals surface area contributed by atoms with Crippen LogP contribution in [0.5, 0.6) is 0 Å². The predicted octanol–water partition coefficient (Wildman–Crippen LogP) is 2.69. The van der Waals surface area contributed by atoms with E-state index in [4.69, 9.17) is 11.6 Å². The number of pyridine rings is 1. The minimum absolute atomic E-state index is 0.510. The molecule has 1 atom stereocenters. The van der Waals surface area contributed by atoms with E-state index in [0.29, 0.717) is 6.04 Å². The number of hydrogen-bond donors (Lipinski definition) is 1. The van der Waals surface area contributed by atoms with Crippen molar-refractivity contribution in [3.8, 4) is 0 Å². The van der Waals surface area contributed by atoms with Crippen LogP contribution in [0.4, 0.5) is 5.82 Å². The normalized spacial score (nSPS) is 20.4. The van der Waals surface area contributed by atoms with E-state index < -0.39 is 0 Å². The molecule has 2 heterocycles. The van der Waals surface area contributed by atoms with E-state index in [-0.39, 0.29) is 0 Å². The molecule has 1 aliphatic rings. The second-order valence-electron chi connectivity index (χ2n) is 4.01. The van der Waals surface area contributed by atoms with Gasteiger partial charge >= 0.3 is 0 Å². The number of rotatable bonds is 3. The molecule has 3 nitrogen and oxygen atoms in total. The Morgan fingerprint density at radius 2 is 2.50 bits per heavy atom. The highest BCUT2D eigenvalue weighted by atomic mass is 79.9. The van der Waals surface area contributed by atoms with Crippen molar-refractivity contribution < 1.29 is 0 Å². The zero-order valence-corrected chi connectivity index (χ0v) is 11.6. The van der Waals surface area contributed by atoms with Crippen molar-refractivity contribution in [1.29, 1.82) is 0 Å². The van der Waals surface area contributed by atoms with Crippen LogP contribution in [0.3, 0.4) is 0 Å². The zero-order chi connectivity index (χ0) is 11.5. The molecule has 0 amide bonds. The minimum atomic E-state index is 0.510. The van der Waals surface area contributed by atoms with Gasteiger partial charge in [0.1, 0.15) is 5.82 Å². The summed E-state index contributed by atoms with van der Waals surface area (Å²) in [6, 6.07) is 2.41. The summed E-state index contributed by atoms with van der Waals surface area (Å²) >= 11 is 9.59. The van der Waals surface area contributed by atoms with Crippen LogP contribution in [0.2, 0.25) is 5.02 Å². The van der Waals surface area contributed by atoms with Gasteiger partial charge in [-0.3, -0.25) is 0 Å². The van der Waals surface area contributed by atoms with Crippen LogP contribution in [0.15, 0.2) is 16.7 Å². The van der Waals surface area contributed by atoms with Crippen molar-refractivity contribution >= 4 is 33.3 Å². The van der Waals surface area contributed by atoms with Gasteiger partial charge in [-0.05, 0) is 41.9 Å². The second kappa shape index (κ2) is 5.34. The topological polar surface area (TPSA) is 28.2 Å². The first-order valence-electron chi connectivity index (χ1n) is 5.44. The fourth-order valence-corrected chi connectivity index (χ4v) is 2.92. The van der Waals surface area contributed by atoms with Crippen LogP contribution in [0, 0.1) is 0 Å². The van der Waals surface area contributed by atoms with Gasteiger partial charge in [0.25, 0.3) is 0 Å². The second-order valence-corrected chi connectivity index (χ2v) is 5.33. The van der Waals surface area contributed by atoms with Gasteiger partial charge in [0.2, 0.25) is 0 Å². The Balaban J connectivity index is 2.22. The number of nitrogens with one attached hydrogen (secondary N) is 1. The molecule has 0 aromatic carbocycles. The minimum Gasteiger partial charge on any atom is -0.351 e. The molecule has 0 spiro atoms. The molecule has 5 heteroatoms. The Morgan fingerprint density at radius 3 is 3.19 bits per heavy atom. The van der Waals surface area contributed by atoms with Gasteiger partial charge in [-0.2, -0.15) is 0 Å². The SMILES string of the molecule is CNCC1CCCN1c1ncc(Br)cc1Cl. The van der Waals surface area contributed by atoms with Crippen LogP contribution in [-0.4, -0.2) is 31.2 Å². The molecule has 1 saturated heterocycles. The first-order chi connectivity index (χ1) is 7.72. The van der Waals surface area contributed by atoms with Gasteiger partial charge < -0.3 is 10.2 Å². The van der Waals surface area contributed by atoms with Crippen molar-refractivity contribution in [2.24, 2.45) is 0 Å². The van der Waals surface area contributed by atoms with Gasteiger partial charge in [0, 0.05) is 29.8 Å². The van der Waals surface area contributed by atoms with E-state index in [1.165, 1.54) is 12.8 Å². The summed E-state index contributed by atoms with van der Waals surface area (Å²) in [6.45, 7) is 2.02. The third-order valence-electron chi connectivity index (χ3n) is 2.88. The van der Waals surface area contributed by atoms with E-state index >= 15 is 0 Å². The van der Waals surface area contributed by atoms with E-state index in [9.17, 15) is 0 Å². The Morgan fingerprint density at radius 1 is 1.69 bits per heavy atom. The number of halogens is 2. The fourth-order valence-electron chi connectivity index (χ4n) is 2.18. The maximum absolute atomic E-state index is 6.22. The summed E-state index contributed by atoms with van der Waals surface area (Å²) in [6.07, 6.45) is 4.21. The lowest BCUT2D eigenvalue weighted by atomic mass is 10.2. The third kappa shape index (κ3) is 2.50. The molecular weight excluding hydrogens is 289 g/mol. The molecule has 1 fully saturated rings. The highest BCUT2D eigenvalue weighted by Crippen LogP contribution is 2.31. The number of anilines is 1. The average Bonchev–Trinajstić information content (AvgIpc) is 2.67. The molecule has 0 aliphatic carbocycles. The Bertz CT molecular complexity index is 372. The lowest BCUT2D eigenvalue weighted by molar-refractivity contribution is 0.612. The largest absolute Gasteiger partial charge is 0.351 e. The standard InChI is InChI=1S/C11H15BrClN3/c1-14-7-9-3-2-4-16(9)11-10(13)5-8(12)6-15-11/h5-6,9,14H,2-4,7H2,1H3. The van der Waals surface area contributed by atoms with Crippen LogP contribution >= 0.6 is 27.5 Å². The highest BCUT2D eigenvalue weighted by molar-refractivity contribution is 9.10. The molecule has 2 rings (SSSR count). The monoisotopic (exact) mass is 303 g/mol. The molecule has 0 saturated carbocycles. The summed E-state index contributed by atoms with van der Waals surface area (Å²) in [5.74, 6) is 0.905. The molecule has 1 aromatic rings. The summed E-state index contributed by atoms with van der Waals surface area (Å²) in [5, 5.41) is 3.94. The summed E-state index contributed by atoms with van der Waals surface area (Å²) in [7, 11) is 1.98. The van der Waals surface area contributed by atoms with Gasteiger partial charge in [0.15, 0.2) is 0 Å². The third-order valence-corrected chi connectivity index (χ3v) is 3.59. The molecule has 1 N–H and O–H groups in total. The lowest BCUT2D eigenvalue weighted by Gasteiger charge is -2.26. The average molecular weight is 305 g/mol. The first-order valence-corrected chi connectivity index (χ1v) is 6.61. The number of aromatic nitrogens is 1. The predicted molar refractivity (Wildman–Crippen MR) is 71.2 cm³/mol. The summed E-state index contributed by atoms with van der Waals surface area (Å²) in [4.78, 5) is 6.71. The maximum Gasteiger partial charge on any atom is 0.147 e. The van der Waals surface area contributed by atoms with E-state index in [1.54, 1.807) is 6.20 Å². The molecule has 1 unspecified atom stereocenters. The van der Waals surface area contributed by atoms with Gasteiger partial charge in [-0.25, -0.2) is 4.98 Å². The highest BCUT2D eigenvalue weighted by Gasteiger charge is 2.26. The first kappa shape index (κ1) is 12.1.